The van der Waals surface area contributed by atoms with Gasteiger partial charge in [0.15, 0.2) is 0 Å². The minimum absolute atomic E-state index is 0.278. The Morgan fingerprint density at radius 3 is 1.61 bits per heavy atom. The Hall–Kier alpha value is -2.70. The third kappa shape index (κ3) is 1.94. The maximum atomic E-state index is 13.4. The first-order valence-electron chi connectivity index (χ1n) is 9.19. The highest BCUT2D eigenvalue weighted by molar-refractivity contribution is 6.65. The molecular weight excluding hydrogens is 354 g/mol. The number of ketones is 1. The van der Waals surface area contributed by atoms with Crippen molar-refractivity contribution in [3.63, 3.8) is 0 Å². The zero-order valence-electron chi connectivity index (χ0n) is 14.8. The number of hydrogen-bond acceptors (Lipinski definition) is 5. The Morgan fingerprint density at radius 1 is 0.571 bits per heavy atom. The summed E-state index contributed by atoms with van der Waals surface area (Å²) in [6, 6.07) is 26.2. The van der Waals surface area contributed by atoms with Crippen LogP contribution < -0.4 is 10.9 Å². The Balaban J connectivity index is 1.50. The second-order valence-electron chi connectivity index (χ2n) is 7.06. The molecule has 3 aromatic carbocycles. The van der Waals surface area contributed by atoms with E-state index in [2.05, 4.69) is 0 Å². The minimum Gasteiger partial charge on any atom is -0.371 e. The Kier molecular flexibility index (Phi) is 3.29. The van der Waals surface area contributed by atoms with E-state index >= 15 is 0 Å². The molecule has 0 atom stereocenters. The van der Waals surface area contributed by atoms with E-state index in [1.54, 1.807) is 6.07 Å². The summed E-state index contributed by atoms with van der Waals surface area (Å²) in [6.45, 7) is 0. The number of rotatable bonds is 2. The largest absolute Gasteiger partial charge is 0.498 e. The van der Waals surface area contributed by atoms with Gasteiger partial charge in [0.2, 0.25) is 11.6 Å². The molecule has 7 heteroatoms. The normalized spacial score (nSPS) is 27.6. The van der Waals surface area contributed by atoms with E-state index in [9.17, 15) is 4.79 Å². The highest BCUT2D eigenvalue weighted by atomic mass is 16.9. The molecule has 0 radical (unpaired) electrons. The number of Topliss-reactive ketones (excluding diaryl/α,β-unsaturated/α-hetero) is 1. The van der Waals surface area contributed by atoms with Crippen LogP contribution in [0.25, 0.3) is 0 Å². The van der Waals surface area contributed by atoms with E-state index in [0.29, 0.717) is 11.1 Å². The van der Waals surface area contributed by atoms with E-state index in [1.807, 2.05) is 78.9 Å². The zero-order valence-corrected chi connectivity index (χ0v) is 14.8. The van der Waals surface area contributed by atoms with Gasteiger partial charge < -0.3 is 18.6 Å². The lowest BCUT2D eigenvalue weighted by molar-refractivity contribution is -0.189. The average Bonchev–Trinajstić information content (AvgIpc) is 3.31. The molecule has 3 aliphatic rings. The predicted octanol–water partition coefficient (Wildman–Crippen LogP) is 1.62. The second kappa shape index (κ2) is 5.65. The van der Waals surface area contributed by atoms with Crippen LogP contribution in [0.1, 0.15) is 15.9 Å². The van der Waals surface area contributed by atoms with Gasteiger partial charge in [0.1, 0.15) is 0 Å². The molecule has 0 N–H and O–H groups in total. The fourth-order valence-corrected chi connectivity index (χ4v) is 4.22. The van der Waals surface area contributed by atoms with Crippen molar-refractivity contribution in [1.29, 1.82) is 0 Å². The van der Waals surface area contributed by atoms with Crippen LogP contribution in [0.2, 0.25) is 0 Å². The number of benzene rings is 3. The molecule has 1 aliphatic carbocycles. The van der Waals surface area contributed by atoms with Gasteiger partial charge in [0.25, 0.3) is 5.79 Å². The molecule has 28 heavy (non-hydrogen) atoms. The lowest BCUT2D eigenvalue weighted by Crippen LogP contribution is -2.48. The maximum Gasteiger partial charge on any atom is 0.498 e. The topological polar surface area (TPSA) is 54.0 Å². The van der Waals surface area contributed by atoms with E-state index in [-0.39, 0.29) is 5.78 Å². The highest BCUT2D eigenvalue weighted by Crippen LogP contribution is 2.58. The van der Waals surface area contributed by atoms with Crippen molar-refractivity contribution in [2.24, 2.45) is 0 Å². The van der Waals surface area contributed by atoms with Gasteiger partial charge in [-0.05, 0) is 10.9 Å². The zero-order chi connectivity index (χ0) is 18.8. The molecule has 0 unspecified atom stereocenters. The number of carbonyl (C=O) groups excluding carboxylic acids is 1. The van der Waals surface area contributed by atoms with Crippen LogP contribution in [0.5, 0.6) is 0 Å². The van der Waals surface area contributed by atoms with Crippen LogP contribution in [0.3, 0.4) is 0 Å². The molecule has 2 heterocycles. The summed E-state index contributed by atoms with van der Waals surface area (Å²) in [5, 5.41) is 0. The lowest BCUT2D eigenvalue weighted by atomic mass is 9.78. The average molecular weight is 368 g/mol. The van der Waals surface area contributed by atoms with Crippen molar-refractivity contribution < 1.29 is 23.4 Å². The fraction of sp³-hybridized carbons (Fsp3) is 0.0952. The number of fused-ring (bicyclic) bond motifs is 1. The molecule has 0 bridgehead atoms. The van der Waals surface area contributed by atoms with E-state index in [1.165, 1.54) is 0 Å². The summed E-state index contributed by atoms with van der Waals surface area (Å²) in [5.41, 5.74) is 2.73. The summed E-state index contributed by atoms with van der Waals surface area (Å²) in [6.07, 6.45) is 0. The fourth-order valence-electron chi connectivity index (χ4n) is 4.22. The third-order valence-electron chi connectivity index (χ3n) is 5.49. The Bertz CT molecular complexity index is 1020. The molecule has 0 amide bonds. The number of hydrogen-bond donors (Lipinski definition) is 0. The first-order chi connectivity index (χ1) is 13.7. The molecule has 134 valence electrons. The lowest BCUT2D eigenvalue weighted by Gasteiger charge is -2.28. The van der Waals surface area contributed by atoms with Gasteiger partial charge >= 0.3 is 14.2 Å². The van der Waals surface area contributed by atoms with Crippen molar-refractivity contribution in [1.82, 2.24) is 0 Å². The molecule has 0 spiro atoms. The molecule has 0 aromatic heterocycles. The molecule has 2 aliphatic heterocycles. The molecule has 0 saturated carbocycles. The predicted molar refractivity (Wildman–Crippen MR) is 103 cm³/mol. The van der Waals surface area contributed by atoms with Gasteiger partial charge in [0.05, 0.1) is 0 Å². The molecule has 5 nitrogen and oxygen atoms in total. The molecule has 3 aromatic rings. The summed E-state index contributed by atoms with van der Waals surface area (Å²) in [5.74, 6) is -3.39. The first-order valence-corrected chi connectivity index (χ1v) is 9.19. The Morgan fingerprint density at radius 2 is 1.04 bits per heavy atom. The van der Waals surface area contributed by atoms with Gasteiger partial charge in [0, 0.05) is 11.1 Å². The molecule has 2 fully saturated rings. The van der Waals surface area contributed by atoms with Gasteiger partial charge in [-0.3, -0.25) is 4.79 Å². The maximum absolute atomic E-state index is 13.4. The van der Waals surface area contributed by atoms with Crippen LogP contribution in [-0.4, -0.2) is 25.8 Å². The van der Waals surface area contributed by atoms with Gasteiger partial charge in [-0.2, -0.15) is 0 Å². The van der Waals surface area contributed by atoms with Crippen molar-refractivity contribution in [2.45, 2.75) is 11.6 Å². The first kappa shape index (κ1) is 16.3. The summed E-state index contributed by atoms with van der Waals surface area (Å²) in [4.78, 5) is 13.4. The third-order valence-corrected chi connectivity index (χ3v) is 5.49. The van der Waals surface area contributed by atoms with Crippen molar-refractivity contribution in [3.8, 4) is 0 Å². The van der Waals surface area contributed by atoms with E-state index in [0.717, 1.165) is 10.9 Å². The van der Waals surface area contributed by atoms with Gasteiger partial charge in [-0.15, -0.1) is 0 Å². The van der Waals surface area contributed by atoms with Crippen molar-refractivity contribution >= 4 is 30.9 Å². The van der Waals surface area contributed by atoms with Crippen LogP contribution in [0, 0.1) is 0 Å². The van der Waals surface area contributed by atoms with Crippen LogP contribution in [0.4, 0.5) is 0 Å². The molecule has 2 saturated heterocycles. The van der Waals surface area contributed by atoms with Gasteiger partial charge in [-0.25, -0.2) is 0 Å². The quantitative estimate of drug-likeness (QED) is 0.644. The number of carbonyl (C=O) groups is 1. The highest BCUT2D eigenvalue weighted by Gasteiger charge is 2.79. The Labute approximate surface area is 162 Å². The standard InChI is InChI=1S/C21H14B2O5/c24-19-17-13-7-8-14-18(17)20-21(19,27-22(25-20)15-9-3-1-4-10-15)28-23(26-20)16-11-5-2-6-12-16/h1-14H. The second-order valence-corrected chi connectivity index (χ2v) is 7.06. The van der Waals surface area contributed by atoms with Crippen LogP contribution in [0.15, 0.2) is 84.9 Å². The summed E-state index contributed by atoms with van der Waals surface area (Å²) < 4.78 is 25.1. The monoisotopic (exact) mass is 368 g/mol. The molecule has 6 rings (SSSR count). The molecular formula is C21H14B2O5. The van der Waals surface area contributed by atoms with Gasteiger partial charge in [-0.1, -0.05) is 84.9 Å². The van der Waals surface area contributed by atoms with E-state index in [4.69, 9.17) is 18.6 Å². The smallest absolute Gasteiger partial charge is 0.371 e. The van der Waals surface area contributed by atoms with E-state index < -0.39 is 25.8 Å². The minimum atomic E-state index is -1.67. The van der Waals surface area contributed by atoms with Crippen LogP contribution in [-0.2, 0) is 24.4 Å². The van der Waals surface area contributed by atoms with Crippen LogP contribution >= 0.6 is 0 Å². The van der Waals surface area contributed by atoms with Crippen molar-refractivity contribution in [3.05, 3.63) is 96.1 Å². The summed E-state index contributed by atoms with van der Waals surface area (Å²) in [7, 11) is -1.54. The summed E-state index contributed by atoms with van der Waals surface area (Å²) >= 11 is 0. The van der Waals surface area contributed by atoms with Crippen molar-refractivity contribution in [2.75, 3.05) is 0 Å². The SMILES string of the molecule is O=C1c2ccccc2C23OB(c4ccccc4)OC12OB(c1ccccc1)O3.